The van der Waals surface area contributed by atoms with Crippen LogP contribution in [-0.4, -0.2) is 24.0 Å². The Balaban J connectivity index is 1.39. The minimum absolute atomic E-state index is 0.105. The van der Waals surface area contributed by atoms with E-state index >= 15 is 0 Å². The molecule has 0 bridgehead atoms. The third-order valence-electron chi connectivity index (χ3n) is 5.79. The Morgan fingerprint density at radius 3 is 2.62 bits per heavy atom. The first-order chi connectivity index (χ1) is 15.5. The van der Waals surface area contributed by atoms with Crippen molar-refractivity contribution in [1.82, 2.24) is 4.90 Å². The van der Waals surface area contributed by atoms with E-state index in [4.69, 9.17) is 9.47 Å². The Labute approximate surface area is 194 Å². The molecule has 0 aromatic heterocycles. The van der Waals surface area contributed by atoms with Crippen LogP contribution >= 0.6 is 15.9 Å². The molecule has 2 aliphatic rings. The van der Waals surface area contributed by atoms with Crippen LogP contribution in [0, 0.1) is 12.7 Å². The van der Waals surface area contributed by atoms with Gasteiger partial charge in [-0.1, -0.05) is 40.2 Å². The van der Waals surface area contributed by atoms with Crippen molar-refractivity contribution < 1.29 is 18.7 Å². The first-order valence-electron chi connectivity index (χ1n) is 10.4. The van der Waals surface area contributed by atoms with Crippen molar-refractivity contribution >= 4 is 27.8 Å². The second-order valence-electron chi connectivity index (χ2n) is 8.07. The number of rotatable bonds is 4. The van der Waals surface area contributed by atoms with Gasteiger partial charge in [0.05, 0.1) is 11.1 Å². The number of halogens is 2. The number of carbonyl (C=O) groups is 1. The maximum absolute atomic E-state index is 13.1. The predicted octanol–water partition coefficient (Wildman–Crippen LogP) is 5.91. The molecule has 6 heteroatoms. The summed E-state index contributed by atoms with van der Waals surface area (Å²) >= 11 is 3.43. The molecule has 0 unspecified atom stereocenters. The fourth-order valence-electron chi connectivity index (χ4n) is 4.07. The Morgan fingerprint density at radius 1 is 1.12 bits per heavy atom. The van der Waals surface area contributed by atoms with E-state index in [2.05, 4.69) is 20.8 Å². The van der Waals surface area contributed by atoms with Crippen molar-refractivity contribution in [3.8, 4) is 11.5 Å². The second-order valence-corrected chi connectivity index (χ2v) is 8.98. The molecule has 3 aromatic rings. The lowest BCUT2D eigenvalue weighted by Crippen LogP contribution is -2.33. The van der Waals surface area contributed by atoms with E-state index in [0.717, 1.165) is 45.4 Å². The number of aryl methyl sites for hydroxylation is 1. The highest BCUT2D eigenvalue weighted by atomic mass is 79.9. The van der Waals surface area contributed by atoms with Gasteiger partial charge in [-0.05, 0) is 66.4 Å². The number of nitrogens with zero attached hydrogens (tertiary/aromatic N) is 1. The minimum atomic E-state index is -0.233. The maximum Gasteiger partial charge on any atom is 0.232 e. The quantitative estimate of drug-likeness (QED) is 0.423. The number of ether oxygens (including phenoxy) is 2. The van der Waals surface area contributed by atoms with Gasteiger partial charge in [0.25, 0.3) is 0 Å². The van der Waals surface area contributed by atoms with Crippen molar-refractivity contribution in [3.63, 3.8) is 0 Å². The van der Waals surface area contributed by atoms with Crippen LogP contribution in [0.1, 0.15) is 32.6 Å². The van der Waals surface area contributed by atoms with Crippen LogP contribution in [0.4, 0.5) is 4.39 Å². The van der Waals surface area contributed by atoms with Gasteiger partial charge < -0.3 is 9.47 Å². The molecule has 0 fully saturated rings. The maximum atomic E-state index is 13.1. The van der Waals surface area contributed by atoms with Gasteiger partial charge in [-0.3, -0.25) is 9.69 Å². The summed E-state index contributed by atoms with van der Waals surface area (Å²) in [6.45, 7) is 3.75. The zero-order chi connectivity index (χ0) is 22.2. The van der Waals surface area contributed by atoms with E-state index in [0.29, 0.717) is 30.3 Å². The summed E-state index contributed by atoms with van der Waals surface area (Å²) in [5.74, 6) is 1.34. The average molecular weight is 494 g/mol. The first kappa shape index (κ1) is 20.9. The molecule has 4 nitrogen and oxygen atoms in total. The van der Waals surface area contributed by atoms with Crippen LogP contribution in [0.2, 0.25) is 0 Å². The normalized spacial score (nSPS) is 16.5. The zero-order valence-electron chi connectivity index (χ0n) is 17.5. The van der Waals surface area contributed by atoms with Gasteiger partial charge in [-0.25, -0.2) is 4.39 Å². The van der Waals surface area contributed by atoms with Crippen LogP contribution in [0.25, 0.3) is 6.08 Å². The summed E-state index contributed by atoms with van der Waals surface area (Å²) in [4.78, 5) is 15.3. The molecule has 0 aliphatic carbocycles. The number of benzene rings is 3. The Hall–Kier alpha value is -2.96. The van der Waals surface area contributed by atoms with Crippen LogP contribution in [0.3, 0.4) is 0 Å². The smallest absolute Gasteiger partial charge is 0.232 e. The van der Waals surface area contributed by atoms with E-state index in [-0.39, 0.29) is 11.6 Å². The molecular weight excluding hydrogens is 473 g/mol. The van der Waals surface area contributed by atoms with Gasteiger partial charge in [-0.2, -0.15) is 0 Å². The lowest BCUT2D eigenvalue weighted by Gasteiger charge is -2.30. The number of hydrogen-bond acceptors (Lipinski definition) is 4. The highest BCUT2D eigenvalue weighted by Gasteiger charge is 2.35. The Bertz CT molecular complexity index is 1220. The second kappa shape index (κ2) is 8.52. The first-order valence-corrected chi connectivity index (χ1v) is 11.2. The monoisotopic (exact) mass is 493 g/mol. The summed E-state index contributed by atoms with van der Waals surface area (Å²) in [6.07, 6.45) is 2.55. The highest BCUT2D eigenvalue weighted by molar-refractivity contribution is 9.10. The zero-order valence-corrected chi connectivity index (χ0v) is 19.1. The molecular formula is C26H21BrFNO3. The fourth-order valence-corrected chi connectivity index (χ4v) is 4.33. The predicted molar refractivity (Wildman–Crippen MR) is 124 cm³/mol. The van der Waals surface area contributed by atoms with Crippen LogP contribution < -0.4 is 9.47 Å². The van der Waals surface area contributed by atoms with Crippen molar-refractivity contribution in [2.45, 2.75) is 19.9 Å². The lowest BCUT2D eigenvalue weighted by molar-refractivity contribution is 0.0949. The molecule has 0 atom stereocenters. The number of hydrogen-bond donors (Lipinski definition) is 0. The third kappa shape index (κ3) is 4.08. The van der Waals surface area contributed by atoms with E-state index in [9.17, 15) is 9.18 Å². The van der Waals surface area contributed by atoms with Crippen LogP contribution in [0.15, 0.2) is 64.8 Å². The SMILES string of the molecule is Cc1cc2c(c3c1C(=O)/C(=C\c1ccc(Br)cc1)O3)CN(CCc1ccc(F)cc1)CO2. The van der Waals surface area contributed by atoms with Gasteiger partial charge in [0.2, 0.25) is 5.78 Å². The molecule has 2 heterocycles. The number of Topliss-reactive ketones (excluding diaryl/α,β-unsaturated/α-hetero) is 1. The molecule has 32 heavy (non-hydrogen) atoms. The number of ketones is 1. The van der Waals surface area contributed by atoms with Crippen LogP contribution in [-0.2, 0) is 13.0 Å². The number of allylic oxidation sites excluding steroid dienone is 1. The molecule has 0 saturated carbocycles. The van der Waals surface area contributed by atoms with Crippen molar-refractivity contribution in [2.75, 3.05) is 13.3 Å². The lowest BCUT2D eigenvalue weighted by atomic mass is 9.98. The minimum Gasteiger partial charge on any atom is -0.478 e. The highest BCUT2D eigenvalue weighted by Crippen LogP contribution is 2.44. The van der Waals surface area contributed by atoms with E-state index < -0.39 is 0 Å². The van der Waals surface area contributed by atoms with Crippen molar-refractivity contribution in [1.29, 1.82) is 0 Å². The summed E-state index contributed by atoms with van der Waals surface area (Å²) in [5, 5.41) is 0. The van der Waals surface area contributed by atoms with Gasteiger partial charge >= 0.3 is 0 Å². The van der Waals surface area contributed by atoms with E-state index in [1.54, 1.807) is 18.2 Å². The largest absolute Gasteiger partial charge is 0.478 e. The number of fused-ring (bicyclic) bond motifs is 3. The molecule has 0 radical (unpaired) electrons. The Morgan fingerprint density at radius 2 is 1.88 bits per heavy atom. The van der Waals surface area contributed by atoms with Gasteiger partial charge in [-0.15, -0.1) is 0 Å². The van der Waals surface area contributed by atoms with E-state index in [1.165, 1.54) is 12.1 Å². The number of carbonyl (C=O) groups excluding carboxylic acids is 1. The molecule has 2 aliphatic heterocycles. The molecule has 0 saturated heterocycles. The summed E-state index contributed by atoms with van der Waals surface area (Å²) in [5.41, 5.74) is 4.31. The van der Waals surface area contributed by atoms with Crippen LogP contribution in [0.5, 0.6) is 11.5 Å². The van der Waals surface area contributed by atoms with Gasteiger partial charge in [0, 0.05) is 17.6 Å². The third-order valence-corrected chi connectivity index (χ3v) is 6.31. The molecule has 3 aromatic carbocycles. The molecule has 0 amide bonds. The standard InChI is InChI=1S/C26H21BrFNO3/c1-16-12-22-21(14-29(15-31-22)11-10-17-4-8-20(28)9-5-17)26-24(16)25(30)23(32-26)13-18-2-6-19(27)7-3-18/h2-9,12-13H,10-11,14-15H2,1H3/b23-13+. The molecule has 162 valence electrons. The van der Waals surface area contributed by atoms with Gasteiger partial charge in [0.15, 0.2) is 5.76 Å². The molecule has 0 spiro atoms. The van der Waals surface area contributed by atoms with Gasteiger partial charge in [0.1, 0.15) is 24.0 Å². The van der Waals surface area contributed by atoms with Crippen molar-refractivity contribution in [2.24, 2.45) is 0 Å². The van der Waals surface area contributed by atoms with E-state index in [1.807, 2.05) is 37.3 Å². The summed E-state index contributed by atoms with van der Waals surface area (Å²) in [7, 11) is 0. The summed E-state index contributed by atoms with van der Waals surface area (Å²) in [6, 6.07) is 16.2. The molecule has 0 N–H and O–H groups in total. The van der Waals surface area contributed by atoms with Crippen molar-refractivity contribution in [3.05, 3.63) is 98.5 Å². The summed E-state index contributed by atoms with van der Waals surface area (Å²) < 4.78 is 26.2. The molecule has 5 rings (SSSR count). The fraction of sp³-hybridized carbons (Fsp3) is 0.192. The topological polar surface area (TPSA) is 38.8 Å². The average Bonchev–Trinajstić information content (AvgIpc) is 3.12. The Kier molecular flexibility index (Phi) is 5.57.